The van der Waals surface area contributed by atoms with E-state index < -0.39 is 17.5 Å². The molecule has 0 aliphatic rings. The van der Waals surface area contributed by atoms with Gasteiger partial charge in [-0.2, -0.15) is 13.2 Å². The number of halogens is 3. The van der Waals surface area contributed by atoms with Gasteiger partial charge in [-0.1, -0.05) is 0 Å². The number of anilines is 1. The number of non-ortho nitro benzene ring substituents is 1. The molecule has 0 heterocycles. The normalized spacial score (nSPS) is 11.2. The number of alkyl halides is 3. The van der Waals surface area contributed by atoms with E-state index in [-0.39, 0.29) is 18.7 Å². The first-order chi connectivity index (χ1) is 9.31. The molecule has 0 fully saturated rings. The first kappa shape index (κ1) is 16.1. The van der Waals surface area contributed by atoms with E-state index in [1.165, 1.54) is 18.2 Å². The average Bonchev–Trinajstić information content (AvgIpc) is 2.33. The van der Waals surface area contributed by atoms with Crippen LogP contribution in [0.1, 0.15) is 19.8 Å². The summed E-state index contributed by atoms with van der Waals surface area (Å²) in [6.45, 7) is 2.15. The Kier molecular flexibility index (Phi) is 5.60. The number of ether oxygens (including phenoxy) is 1. The second kappa shape index (κ2) is 6.97. The zero-order chi connectivity index (χ0) is 15.2. The summed E-state index contributed by atoms with van der Waals surface area (Å²) in [5.74, 6) is 0.306. The Morgan fingerprint density at radius 1 is 1.35 bits per heavy atom. The average molecular weight is 292 g/mol. The quantitative estimate of drug-likeness (QED) is 0.472. The third kappa shape index (κ3) is 5.77. The molecule has 0 saturated carbocycles. The van der Waals surface area contributed by atoms with Crippen LogP contribution in [-0.2, 0) is 0 Å². The minimum atomic E-state index is -4.19. The molecule has 1 aromatic rings. The van der Waals surface area contributed by atoms with Crippen molar-refractivity contribution in [3.63, 3.8) is 0 Å². The SMILES string of the molecule is CCOc1cc(NCCCC(F)(F)F)cc([N+](=O)[O-])c1. The highest BCUT2D eigenvalue weighted by molar-refractivity contribution is 5.56. The Morgan fingerprint density at radius 2 is 2.05 bits per heavy atom. The van der Waals surface area contributed by atoms with Crippen molar-refractivity contribution in [3.8, 4) is 5.75 Å². The van der Waals surface area contributed by atoms with Crippen LogP contribution in [0.3, 0.4) is 0 Å². The summed E-state index contributed by atoms with van der Waals surface area (Å²) in [6, 6.07) is 4.05. The Hall–Kier alpha value is -1.99. The number of benzene rings is 1. The molecule has 20 heavy (non-hydrogen) atoms. The Labute approximate surface area is 113 Å². The summed E-state index contributed by atoms with van der Waals surface area (Å²) in [7, 11) is 0. The van der Waals surface area contributed by atoms with E-state index in [2.05, 4.69) is 5.32 Å². The molecule has 0 aliphatic carbocycles. The van der Waals surface area contributed by atoms with Crippen molar-refractivity contribution in [3.05, 3.63) is 28.3 Å². The van der Waals surface area contributed by atoms with E-state index in [1.54, 1.807) is 6.92 Å². The number of nitrogens with zero attached hydrogens (tertiary/aromatic N) is 1. The first-order valence-corrected chi connectivity index (χ1v) is 6.04. The van der Waals surface area contributed by atoms with Gasteiger partial charge in [0.25, 0.3) is 5.69 Å². The highest BCUT2D eigenvalue weighted by atomic mass is 19.4. The van der Waals surface area contributed by atoms with Crippen molar-refractivity contribution < 1.29 is 22.8 Å². The summed E-state index contributed by atoms with van der Waals surface area (Å²) < 4.78 is 41.1. The highest BCUT2D eigenvalue weighted by Crippen LogP contribution is 2.26. The van der Waals surface area contributed by atoms with E-state index in [0.29, 0.717) is 18.0 Å². The molecule has 1 rings (SSSR count). The molecule has 0 aromatic heterocycles. The molecule has 1 aromatic carbocycles. The van der Waals surface area contributed by atoms with Crippen LogP contribution in [0, 0.1) is 10.1 Å². The maximum absolute atomic E-state index is 12.0. The number of rotatable bonds is 7. The standard InChI is InChI=1S/C12H15F3N2O3/c1-2-20-11-7-9(6-10(8-11)17(18)19)16-5-3-4-12(13,14)15/h6-8,16H,2-5H2,1H3. The van der Waals surface area contributed by atoms with Gasteiger partial charge in [-0.05, 0) is 13.3 Å². The Balaban J connectivity index is 2.66. The molecule has 0 amide bonds. The minimum absolute atomic E-state index is 0.0756. The summed E-state index contributed by atoms with van der Waals surface area (Å²) in [5, 5.41) is 13.5. The van der Waals surface area contributed by atoms with Crippen LogP contribution in [-0.4, -0.2) is 24.3 Å². The summed E-state index contributed by atoms with van der Waals surface area (Å²) in [6.07, 6.45) is -5.19. The fraction of sp³-hybridized carbons (Fsp3) is 0.500. The molecule has 0 bridgehead atoms. The van der Waals surface area contributed by atoms with Gasteiger partial charge in [-0.25, -0.2) is 0 Å². The molecule has 0 saturated heterocycles. The maximum atomic E-state index is 12.0. The molecule has 112 valence electrons. The zero-order valence-electron chi connectivity index (χ0n) is 10.9. The lowest BCUT2D eigenvalue weighted by molar-refractivity contribution is -0.384. The van der Waals surface area contributed by atoms with Gasteiger partial charge in [0, 0.05) is 30.8 Å². The Morgan fingerprint density at radius 3 is 2.60 bits per heavy atom. The summed E-state index contributed by atoms with van der Waals surface area (Å²) in [5.41, 5.74) is 0.194. The Bertz CT molecular complexity index is 464. The number of hydrogen-bond acceptors (Lipinski definition) is 4. The van der Waals surface area contributed by atoms with Gasteiger partial charge in [0.05, 0.1) is 17.6 Å². The number of nitrogens with one attached hydrogen (secondary N) is 1. The molecule has 0 aliphatic heterocycles. The van der Waals surface area contributed by atoms with E-state index in [1.807, 2.05) is 0 Å². The van der Waals surface area contributed by atoms with Crippen LogP contribution >= 0.6 is 0 Å². The van der Waals surface area contributed by atoms with Gasteiger partial charge in [0.2, 0.25) is 0 Å². The summed E-state index contributed by atoms with van der Waals surface area (Å²) in [4.78, 5) is 10.2. The van der Waals surface area contributed by atoms with Crippen molar-refractivity contribution in [2.45, 2.75) is 25.9 Å². The first-order valence-electron chi connectivity index (χ1n) is 6.04. The highest BCUT2D eigenvalue weighted by Gasteiger charge is 2.25. The van der Waals surface area contributed by atoms with Crippen LogP contribution in [0.15, 0.2) is 18.2 Å². The predicted octanol–water partition coefficient (Wildman–Crippen LogP) is 3.75. The van der Waals surface area contributed by atoms with E-state index >= 15 is 0 Å². The van der Waals surface area contributed by atoms with Gasteiger partial charge >= 0.3 is 6.18 Å². The fourth-order valence-electron chi connectivity index (χ4n) is 1.56. The van der Waals surface area contributed by atoms with Crippen molar-refractivity contribution in [2.75, 3.05) is 18.5 Å². The topological polar surface area (TPSA) is 64.4 Å². The lowest BCUT2D eigenvalue weighted by Crippen LogP contribution is -2.11. The molecule has 0 radical (unpaired) electrons. The van der Waals surface area contributed by atoms with Crippen molar-refractivity contribution in [1.29, 1.82) is 0 Å². The lowest BCUT2D eigenvalue weighted by Gasteiger charge is -2.10. The largest absolute Gasteiger partial charge is 0.494 e. The maximum Gasteiger partial charge on any atom is 0.389 e. The molecular formula is C12H15F3N2O3. The molecule has 5 nitrogen and oxygen atoms in total. The van der Waals surface area contributed by atoms with Gasteiger partial charge in [0.15, 0.2) is 0 Å². The second-order valence-electron chi connectivity index (χ2n) is 4.05. The molecular weight excluding hydrogens is 277 g/mol. The van der Waals surface area contributed by atoms with Crippen molar-refractivity contribution in [1.82, 2.24) is 0 Å². The number of nitro benzene ring substituents is 1. The van der Waals surface area contributed by atoms with Crippen LogP contribution in [0.2, 0.25) is 0 Å². The second-order valence-corrected chi connectivity index (χ2v) is 4.05. The van der Waals surface area contributed by atoms with Crippen molar-refractivity contribution in [2.24, 2.45) is 0 Å². The predicted molar refractivity (Wildman–Crippen MR) is 68.0 cm³/mol. The van der Waals surface area contributed by atoms with Gasteiger partial charge < -0.3 is 10.1 Å². The smallest absolute Gasteiger partial charge is 0.389 e. The lowest BCUT2D eigenvalue weighted by atomic mass is 10.2. The van der Waals surface area contributed by atoms with Crippen LogP contribution in [0.5, 0.6) is 5.75 Å². The monoisotopic (exact) mass is 292 g/mol. The number of nitro groups is 1. The summed E-state index contributed by atoms with van der Waals surface area (Å²) >= 11 is 0. The minimum Gasteiger partial charge on any atom is -0.494 e. The molecule has 0 unspecified atom stereocenters. The van der Waals surface area contributed by atoms with E-state index in [4.69, 9.17) is 4.74 Å². The van der Waals surface area contributed by atoms with Gasteiger partial charge in [-0.15, -0.1) is 0 Å². The molecule has 0 atom stereocenters. The third-order valence-electron chi connectivity index (χ3n) is 2.38. The molecule has 8 heteroatoms. The number of hydrogen-bond donors (Lipinski definition) is 1. The molecule has 0 spiro atoms. The van der Waals surface area contributed by atoms with Gasteiger partial charge in [0.1, 0.15) is 5.75 Å². The van der Waals surface area contributed by atoms with Crippen molar-refractivity contribution >= 4 is 11.4 Å². The van der Waals surface area contributed by atoms with Gasteiger partial charge in [-0.3, -0.25) is 10.1 Å². The van der Waals surface area contributed by atoms with Crippen LogP contribution in [0.25, 0.3) is 0 Å². The van der Waals surface area contributed by atoms with E-state index in [9.17, 15) is 23.3 Å². The fourth-order valence-corrected chi connectivity index (χ4v) is 1.56. The zero-order valence-corrected chi connectivity index (χ0v) is 10.9. The molecule has 1 N–H and O–H groups in total. The van der Waals surface area contributed by atoms with Crippen LogP contribution in [0.4, 0.5) is 24.5 Å². The third-order valence-corrected chi connectivity index (χ3v) is 2.38. The van der Waals surface area contributed by atoms with Crippen LogP contribution < -0.4 is 10.1 Å². The van der Waals surface area contributed by atoms with E-state index in [0.717, 1.165) is 0 Å².